The standard InChI is InChI=1S/C23H23BrN2O3/c1-15-22(16(2)29-25-15)14-28-21-8-4-6-18(12-21)23(27)26(20-9-10-20)13-17-5-3-7-19(24)11-17/h3-8,11-12,20H,9-10,13-14H2,1-2H3. The number of aromatic nitrogens is 1. The molecule has 150 valence electrons. The van der Waals surface area contributed by atoms with Crippen molar-refractivity contribution in [2.24, 2.45) is 0 Å². The molecule has 6 heteroatoms. The molecule has 1 aliphatic carbocycles. The molecule has 2 aromatic carbocycles. The lowest BCUT2D eigenvalue weighted by Crippen LogP contribution is -2.32. The van der Waals surface area contributed by atoms with Crippen LogP contribution in [0.5, 0.6) is 5.75 Å². The lowest BCUT2D eigenvalue weighted by atomic mass is 10.1. The highest BCUT2D eigenvalue weighted by molar-refractivity contribution is 9.10. The molecule has 0 bridgehead atoms. The van der Waals surface area contributed by atoms with Crippen molar-refractivity contribution in [3.05, 3.63) is 81.1 Å². The van der Waals surface area contributed by atoms with Gasteiger partial charge in [-0.3, -0.25) is 4.79 Å². The quantitative estimate of drug-likeness (QED) is 0.476. The van der Waals surface area contributed by atoms with Gasteiger partial charge in [-0.1, -0.05) is 39.3 Å². The van der Waals surface area contributed by atoms with Crippen molar-refractivity contribution in [1.29, 1.82) is 0 Å². The van der Waals surface area contributed by atoms with Gasteiger partial charge in [0.25, 0.3) is 5.91 Å². The van der Waals surface area contributed by atoms with Crippen molar-refractivity contribution in [3.63, 3.8) is 0 Å². The number of hydrogen-bond acceptors (Lipinski definition) is 4. The minimum atomic E-state index is 0.0373. The fourth-order valence-electron chi connectivity index (χ4n) is 3.33. The van der Waals surface area contributed by atoms with Gasteiger partial charge in [-0.2, -0.15) is 0 Å². The lowest BCUT2D eigenvalue weighted by Gasteiger charge is -2.23. The number of rotatable bonds is 7. The normalized spacial score (nSPS) is 13.3. The van der Waals surface area contributed by atoms with Gasteiger partial charge in [-0.25, -0.2) is 0 Å². The van der Waals surface area contributed by atoms with Crippen molar-refractivity contribution in [2.45, 2.75) is 45.9 Å². The van der Waals surface area contributed by atoms with E-state index in [9.17, 15) is 4.79 Å². The zero-order valence-electron chi connectivity index (χ0n) is 16.5. The lowest BCUT2D eigenvalue weighted by molar-refractivity contribution is 0.0729. The highest BCUT2D eigenvalue weighted by Gasteiger charge is 2.33. The van der Waals surface area contributed by atoms with Gasteiger partial charge in [0.15, 0.2) is 0 Å². The van der Waals surface area contributed by atoms with Crippen LogP contribution in [0.3, 0.4) is 0 Å². The number of amides is 1. The third-order valence-electron chi connectivity index (χ3n) is 5.14. The van der Waals surface area contributed by atoms with E-state index in [1.54, 1.807) is 0 Å². The second-order valence-electron chi connectivity index (χ2n) is 7.41. The molecule has 0 radical (unpaired) electrons. The van der Waals surface area contributed by atoms with Crippen molar-refractivity contribution in [3.8, 4) is 5.75 Å². The van der Waals surface area contributed by atoms with E-state index in [0.29, 0.717) is 30.5 Å². The van der Waals surface area contributed by atoms with E-state index >= 15 is 0 Å². The van der Waals surface area contributed by atoms with Crippen LogP contribution in [0.2, 0.25) is 0 Å². The molecule has 1 amide bonds. The number of halogens is 1. The molecule has 1 aliphatic rings. The van der Waals surface area contributed by atoms with Gasteiger partial charge in [-0.15, -0.1) is 0 Å². The predicted molar refractivity (Wildman–Crippen MR) is 114 cm³/mol. The SMILES string of the molecule is Cc1noc(C)c1COc1cccc(C(=O)N(Cc2cccc(Br)c2)C2CC2)c1. The van der Waals surface area contributed by atoms with E-state index in [1.165, 1.54) is 0 Å². The number of carbonyl (C=O) groups is 1. The van der Waals surface area contributed by atoms with Gasteiger partial charge in [-0.05, 0) is 62.6 Å². The molecule has 0 atom stereocenters. The average molecular weight is 455 g/mol. The van der Waals surface area contributed by atoms with Crippen LogP contribution in [-0.2, 0) is 13.2 Å². The summed E-state index contributed by atoms with van der Waals surface area (Å²) < 4.78 is 12.1. The molecular weight excluding hydrogens is 432 g/mol. The van der Waals surface area contributed by atoms with Crippen LogP contribution in [0.25, 0.3) is 0 Å². The van der Waals surface area contributed by atoms with Crippen molar-refractivity contribution < 1.29 is 14.1 Å². The number of hydrogen-bond donors (Lipinski definition) is 0. The molecule has 0 N–H and O–H groups in total. The maximum atomic E-state index is 13.2. The molecule has 1 saturated carbocycles. The monoisotopic (exact) mass is 454 g/mol. The van der Waals surface area contributed by atoms with Gasteiger partial charge >= 0.3 is 0 Å². The molecule has 0 unspecified atom stereocenters. The van der Waals surface area contributed by atoms with Crippen LogP contribution in [0.1, 0.15) is 45.8 Å². The van der Waals surface area contributed by atoms with Crippen LogP contribution in [0, 0.1) is 13.8 Å². The maximum Gasteiger partial charge on any atom is 0.254 e. The Hall–Kier alpha value is -2.60. The van der Waals surface area contributed by atoms with Gasteiger partial charge in [0.2, 0.25) is 0 Å². The molecule has 0 aliphatic heterocycles. The number of ether oxygens (including phenoxy) is 1. The maximum absolute atomic E-state index is 13.2. The Morgan fingerprint density at radius 3 is 2.69 bits per heavy atom. The Morgan fingerprint density at radius 2 is 2.00 bits per heavy atom. The molecule has 1 heterocycles. The first-order chi connectivity index (χ1) is 14.0. The molecule has 1 aromatic heterocycles. The Bertz CT molecular complexity index is 1010. The Kier molecular flexibility index (Phi) is 5.72. The first kappa shape index (κ1) is 19.7. The van der Waals surface area contributed by atoms with Gasteiger partial charge < -0.3 is 14.2 Å². The number of aryl methyl sites for hydroxylation is 2. The van der Waals surface area contributed by atoms with Crippen LogP contribution >= 0.6 is 15.9 Å². The van der Waals surface area contributed by atoms with Gasteiger partial charge in [0.1, 0.15) is 18.1 Å². The van der Waals surface area contributed by atoms with E-state index in [1.807, 2.05) is 55.1 Å². The first-order valence-corrected chi connectivity index (χ1v) is 10.5. The summed E-state index contributed by atoms with van der Waals surface area (Å²) in [5.74, 6) is 1.45. The summed E-state index contributed by atoms with van der Waals surface area (Å²) in [5, 5.41) is 3.95. The third-order valence-corrected chi connectivity index (χ3v) is 5.63. The van der Waals surface area contributed by atoms with Crippen molar-refractivity contribution in [1.82, 2.24) is 10.1 Å². The number of nitrogens with zero attached hydrogens (tertiary/aromatic N) is 2. The first-order valence-electron chi connectivity index (χ1n) is 9.71. The average Bonchev–Trinajstić information content (AvgIpc) is 3.50. The van der Waals surface area contributed by atoms with Crippen LogP contribution in [-0.4, -0.2) is 22.0 Å². The Morgan fingerprint density at radius 1 is 1.21 bits per heavy atom. The zero-order chi connectivity index (χ0) is 20.4. The fraction of sp³-hybridized carbons (Fsp3) is 0.304. The minimum Gasteiger partial charge on any atom is -0.489 e. The highest BCUT2D eigenvalue weighted by atomic mass is 79.9. The summed E-state index contributed by atoms with van der Waals surface area (Å²) in [6.07, 6.45) is 2.12. The largest absolute Gasteiger partial charge is 0.489 e. The number of carbonyl (C=O) groups excluding carboxylic acids is 1. The second-order valence-corrected chi connectivity index (χ2v) is 8.33. The minimum absolute atomic E-state index is 0.0373. The molecule has 1 fully saturated rings. The molecule has 0 saturated heterocycles. The summed E-state index contributed by atoms with van der Waals surface area (Å²) in [6, 6.07) is 15.8. The van der Waals surface area contributed by atoms with E-state index < -0.39 is 0 Å². The van der Waals surface area contributed by atoms with Gasteiger partial charge in [0, 0.05) is 22.6 Å². The Labute approximate surface area is 178 Å². The highest BCUT2D eigenvalue weighted by Crippen LogP contribution is 2.31. The van der Waals surface area contributed by atoms with Crippen molar-refractivity contribution in [2.75, 3.05) is 0 Å². The Balaban J connectivity index is 1.49. The smallest absolute Gasteiger partial charge is 0.254 e. The van der Waals surface area contributed by atoms with Crippen molar-refractivity contribution >= 4 is 21.8 Å². The molecule has 5 nitrogen and oxygen atoms in total. The molecule has 29 heavy (non-hydrogen) atoms. The molecule has 4 rings (SSSR count). The topological polar surface area (TPSA) is 55.6 Å². The summed E-state index contributed by atoms with van der Waals surface area (Å²) in [5.41, 5.74) is 3.52. The molecule has 0 spiro atoms. The predicted octanol–water partition coefficient (Wildman–Crippen LogP) is 5.44. The van der Waals surface area contributed by atoms with E-state index in [0.717, 1.165) is 39.9 Å². The summed E-state index contributed by atoms with van der Waals surface area (Å²) >= 11 is 3.51. The summed E-state index contributed by atoms with van der Waals surface area (Å²) in [6.45, 7) is 4.73. The zero-order valence-corrected chi connectivity index (χ0v) is 18.1. The summed E-state index contributed by atoms with van der Waals surface area (Å²) in [4.78, 5) is 15.2. The van der Waals surface area contributed by atoms with Gasteiger partial charge in [0.05, 0.1) is 11.3 Å². The van der Waals surface area contributed by atoms with E-state index in [2.05, 4.69) is 33.2 Å². The van der Waals surface area contributed by atoms with E-state index in [-0.39, 0.29) is 5.91 Å². The molecular formula is C23H23BrN2O3. The van der Waals surface area contributed by atoms with E-state index in [4.69, 9.17) is 9.26 Å². The fourth-order valence-corrected chi connectivity index (χ4v) is 3.78. The van der Waals surface area contributed by atoms with Crippen LogP contribution < -0.4 is 4.74 Å². The van der Waals surface area contributed by atoms with Crippen LogP contribution in [0.15, 0.2) is 57.5 Å². The number of benzene rings is 2. The molecule has 3 aromatic rings. The third kappa shape index (κ3) is 4.70. The van der Waals surface area contributed by atoms with Crippen LogP contribution in [0.4, 0.5) is 0 Å². The summed E-state index contributed by atoms with van der Waals surface area (Å²) in [7, 11) is 0. The second kappa shape index (κ2) is 8.41.